The van der Waals surface area contributed by atoms with Gasteiger partial charge in [0.05, 0.1) is 6.61 Å². The van der Waals surface area contributed by atoms with E-state index < -0.39 is 0 Å². The molecule has 0 radical (unpaired) electrons. The maximum Gasteiger partial charge on any atom is 0.225 e. The van der Waals surface area contributed by atoms with E-state index >= 15 is 0 Å². The molecule has 1 unspecified atom stereocenters. The highest BCUT2D eigenvalue weighted by Crippen LogP contribution is 2.31. The molecule has 1 atom stereocenters. The van der Waals surface area contributed by atoms with Gasteiger partial charge in [-0.2, -0.15) is 0 Å². The minimum absolute atomic E-state index is 0.378. The Morgan fingerprint density at radius 1 is 1.21 bits per heavy atom. The summed E-state index contributed by atoms with van der Waals surface area (Å²) in [6, 6.07) is 7.09. The highest BCUT2D eigenvalue weighted by Gasteiger charge is 2.25. The van der Waals surface area contributed by atoms with Gasteiger partial charge in [-0.25, -0.2) is 9.98 Å². The van der Waals surface area contributed by atoms with Gasteiger partial charge in [-0.1, -0.05) is 12.1 Å². The standard InChI is InChI=1S/C22H31N5O/c1-16-15-24-8-6-20(16)25-22(23-3)27-11-9-26(10-12-27)17(2)19-5-4-18-7-13-28-21(18)14-19/h4-5,14,17,24H,3,6-13,15H2,1-2H3. The molecule has 1 N–H and O–H groups in total. The summed E-state index contributed by atoms with van der Waals surface area (Å²) in [5, 5.41) is 3.38. The molecule has 6 nitrogen and oxygen atoms in total. The average molecular weight is 382 g/mol. The number of hydrogen-bond acceptors (Lipinski definition) is 4. The maximum atomic E-state index is 5.75. The van der Waals surface area contributed by atoms with Crippen molar-refractivity contribution in [2.75, 3.05) is 45.9 Å². The molecule has 6 heteroatoms. The topological polar surface area (TPSA) is 52.5 Å². The number of aliphatic imine (C=N–C) groups is 2. The lowest BCUT2D eigenvalue weighted by atomic mass is 10.0. The molecule has 0 amide bonds. The Balaban J connectivity index is 1.40. The quantitative estimate of drug-likeness (QED) is 0.646. The fraction of sp³-hybridized carbons (Fsp3) is 0.545. The van der Waals surface area contributed by atoms with Crippen molar-refractivity contribution in [3.8, 4) is 5.75 Å². The lowest BCUT2D eigenvalue weighted by Gasteiger charge is -2.38. The first-order valence-electron chi connectivity index (χ1n) is 10.3. The Morgan fingerprint density at radius 3 is 2.79 bits per heavy atom. The molecule has 3 aliphatic rings. The number of piperazine rings is 1. The Labute approximate surface area is 168 Å². The van der Waals surface area contributed by atoms with Gasteiger partial charge in [-0.15, -0.1) is 0 Å². The second kappa shape index (κ2) is 8.45. The highest BCUT2D eigenvalue weighted by atomic mass is 16.5. The molecule has 3 aliphatic heterocycles. The van der Waals surface area contributed by atoms with Gasteiger partial charge in [-0.05, 0) is 43.3 Å². The van der Waals surface area contributed by atoms with E-state index in [1.165, 1.54) is 16.7 Å². The van der Waals surface area contributed by atoms with Crippen LogP contribution < -0.4 is 10.1 Å². The summed E-state index contributed by atoms with van der Waals surface area (Å²) in [6.45, 7) is 14.8. The Morgan fingerprint density at radius 2 is 2.04 bits per heavy atom. The molecule has 28 heavy (non-hydrogen) atoms. The fourth-order valence-corrected chi connectivity index (χ4v) is 4.24. The predicted octanol–water partition coefficient (Wildman–Crippen LogP) is 2.62. The summed E-state index contributed by atoms with van der Waals surface area (Å²) in [6.07, 6.45) is 1.99. The van der Waals surface area contributed by atoms with Crippen molar-refractivity contribution in [2.45, 2.75) is 32.7 Å². The molecule has 4 rings (SSSR count). The van der Waals surface area contributed by atoms with Crippen molar-refractivity contribution >= 4 is 12.7 Å². The number of nitrogens with one attached hydrogen (secondary N) is 1. The second-order valence-corrected chi connectivity index (χ2v) is 7.89. The SMILES string of the molecule is C=NC(=NC1=C(C)CNCC1)N1CCN(C(C)c2ccc3c(c2)OCC3)CC1. The van der Waals surface area contributed by atoms with Crippen LogP contribution in [0.2, 0.25) is 0 Å². The van der Waals surface area contributed by atoms with E-state index in [1.54, 1.807) is 0 Å². The van der Waals surface area contributed by atoms with Crippen LogP contribution >= 0.6 is 0 Å². The molecular formula is C22H31N5O. The molecule has 0 spiro atoms. The number of guanidine groups is 1. The molecule has 3 heterocycles. The highest BCUT2D eigenvalue weighted by molar-refractivity contribution is 5.85. The van der Waals surface area contributed by atoms with E-state index in [9.17, 15) is 0 Å². The van der Waals surface area contributed by atoms with Crippen LogP contribution in [0.3, 0.4) is 0 Å². The van der Waals surface area contributed by atoms with Crippen LogP contribution in [0.25, 0.3) is 0 Å². The van der Waals surface area contributed by atoms with Crippen LogP contribution in [-0.4, -0.2) is 68.4 Å². The largest absolute Gasteiger partial charge is 0.493 e. The van der Waals surface area contributed by atoms with Crippen molar-refractivity contribution < 1.29 is 4.74 Å². The number of benzene rings is 1. The third-order valence-corrected chi connectivity index (χ3v) is 6.15. The van der Waals surface area contributed by atoms with Gasteiger partial charge in [-0.3, -0.25) is 4.90 Å². The van der Waals surface area contributed by atoms with Crippen LogP contribution in [0.15, 0.2) is 39.5 Å². The average Bonchev–Trinajstić information content (AvgIpc) is 3.21. The molecule has 0 aromatic heterocycles. The van der Waals surface area contributed by atoms with Gasteiger partial charge < -0.3 is 15.0 Å². The van der Waals surface area contributed by atoms with E-state index in [0.29, 0.717) is 6.04 Å². The molecule has 0 saturated carbocycles. The smallest absolute Gasteiger partial charge is 0.225 e. The first-order valence-corrected chi connectivity index (χ1v) is 10.3. The first kappa shape index (κ1) is 19.2. The third kappa shape index (κ3) is 3.98. The zero-order chi connectivity index (χ0) is 19.5. The van der Waals surface area contributed by atoms with E-state index in [4.69, 9.17) is 9.73 Å². The number of ether oxygens (including phenoxy) is 1. The van der Waals surface area contributed by atoms with Crippen molar-refractivity contribution in [1.82, 2.24) is 15.1 Å². The predicted molar refractivity (Wildman–Crippen MR) is 114 cm³/mol. The summed E-state index contributed by atoms with van der Waals surface area (Å²) >= 11 is 0. The second-order valence-electron chi connectivity index (χ2n) is 7.89. The molecule has 0 aliphatic carbocycles. The number of hydrogen-bond donors (Lipinski definition) is 1. The van der Waals surface area contributed by atoms with Crippen LogP contribution in [0.1, 0.15) is 37.4 Å². The first-order chi connectivity index (χ1) is 13.7. The minimum atomic E-state index is 0.378. The number of nitrogens with zero attached hydrogens (tertiary/aromatic N) is 4. The summed E-state index contributed by atoms with van der Waals surface area (Å²) in [4.78, 5) is 13.9. The number of fused-ring (bicyclic) bond motifs is 1. The lowest BCUT2D eigenvalue weighted by Crippen LogP contribution is -2.49. The zero-order valence-corrected chi connectivity index (χ0v) is 17.1. The molecule has 1 aromatic carbocycles. The van der Waals surface area contributed by atoms with Gasteiger partial charge in [0.15, 0.2) is 0 Å². The van der Waals surface area contributed by atoms with Gasteiger partial charge in [0, 0.05) is 63.8 Å². The van der Waals surface area contributed by atoms with Crippen LogP contribution in [0.4, 0.5) is 0 Å². The van der Waals surface area contributed by atoms with E-state index in [1.807, 2.05) is 0 Å². The van der Waals surface area contributed by atoms with Gasteiger partial charge in [0.25, 0.3) is 0 Å². The fourth-order valence-electron chi connectivity index (χ4n) is 4.24. The van der Waals surface area contributed by atoms with Crippen molar-refractivity contribution in [3.63, 3.8) is 0 Å². The molecule has 0 bridgehead atoms. The molecule has 1 aromatic rings. The van der Waals surface area contributed by atoms with Crippen molar-refractivity contribution in [2.24, 2.45) is 9.98 Å². The number of rotatable bonds is 3. The monoisotopic (exact) mass is 381 g/mol. The lowest BCUT2D eigenvalue weighted by molar-refractivity contribution is 0.140. The minimum Gasteiger partial charge on any atom is -0.493 e. The van der Waals surface area contributed by atoms with Gasteiger partial charge in [0.2, 0.25) is 5.96 Å². The van der Waals surface area contributed by atoms with Crippen molar-refractivity contribution in [1.29, 1.82) is 0 Å². The molecule has 1 fully saturated rings. The molecular weight excluding hydrogens is 350 g/mol. The molecule has 1 saturated heterocycles. The van der Waals surface area contributed by atoms with E-state index in [-0.39, 0.29) is 0 Å². The summed E-state index contributed by atoms with van der Waals surface area (Å²) in [5.74, 6) is 1.84. The van der Waals surface area contributed by atoms with E-state index in [0.717, 1.165) is 76.1 Å². The normalized spacial score (nSPS) is 22.1. The van der Waals surface area contributed by atoms with Gasteiger partial charge >= 0.3 is 0 Å². The maximum absolute atomic E-state index is 5.75. The van der Waals surface area contributed by atoms with E-state index in [2.05, 4.69) is 58.9 Å². The Bertz CT molecular complexity index is 792. The zero-order valence-electron chi connectivity index (χ0n) is 17.1. The summed E-state index contributed by atoms with van der Waals surface area (Å²) < 4.78 is 5.75. The van der Waals surface area contributed by atoms with Crippen LogP contribution in [0.5, 0.6) is 5.75 Å². The Hall–Kier alpha value is -2.18. The van der Waals surface area contributed by atoms with Crippen LogP contribution in [-0.2, 0) is 6.42 Å². The van der Waals surface area contributed by atoms with Gasteiger partial charge in [0.1, 0.15) is 5.75 Å². The van der Waals surface area contributed by atoms with Crippen LogP contribution in [0, 0.1) is 0 Å². The Kier molecular flexibility index (Phi) is 5.78. The molecule has 150 valence electrons. The summed E-state index contributed by atoms with van der Waals surface area (Å²) in [7, 11) is 0. The summed E-state index contributed by atoms with van der Waals surface area (Å²) in [5.41, 5.74) is 5.13. The van der Waals surface area contributed by atoms with Crippen molar-refractivity contribution in [3.05, 3.63) is 40.6 Å². The third-order valence-electron chi connectivity index (χ3n) is 6.15.